The van der Waals surface area contributed by atoms with Gasteiger partial charge in [-0.2, -0.15) is 0 Å². The first-order valence-electron chi connectivity index (χ1n) is 12.7. The number of pyridine rings is 1. The number of aromatic nitrogens is 5. The van der Waals surface area contributed by atoms with Crippen molar-refractivity contribution < 1.29 is 14.2 Å². The predicted octanol–water partition coefficient (Wildman–Crippen LogP) is 3.79. The minimum Gasteiger partial charge on any atom is -0.454 e. The highest BCUT2D eigenvalue weighted by Crippen LogP contribution is 2.36. The number of hydrogen-bond acceptors (Lipinski definition) is 9. The minimum atomic E-state index is -0.513. The van der Waals surface area contributed by atoms with E-state index in [1.54, 1.807) is 29.2 Å². The Kier molecular flexibility index (Phi) is 7.35. The van der Waals surface area contributed by atoms with Crippen LogP contribution in [0.1, 0.15) is 27.9 Å². The molecule has 1 N–H and O–H groups in total. The summed E-state index contributed by atoms with van der Waals surface area (Å²) in [5, 5.41) is 15.6. The van der Waals surface area contributed by atoms with E-state index in [9.17, 15) is 4.79 Å². The fraction of sp³-hybridized carbons (Fsp3) is 0.286. The summed E-state index contributed by atoms with van der Waals surface area (Å²) < 4.78 is 18.2. The summed E-state index contributed by atoms with van der Waals surface area (Å²) in [6.07, 6.45) is 0.798. The van der Waals surface area contributed by atoms with Crippen molar-refractivity contribution in [1.29, 1.82) is 0 Å². The van der Waals surface area contributed by atoms with Crippen molar-refractivity contribution in [2.75, 3.05) is 27.1 Å². The van der Waals surface area contributed by atoms with Gasteiger partial charge < -0.3 is 19.2 Å². The van der Waals surface area contributed by atoms with Crippen LogP contribution in [0.3, 0.4) is 0 Å². The third kappa shape index (κ3) is 5.42. The van der Waals surface area contributed by atoms with Gasteiger partial charge in [0.15, 0.2) is 17.3 Å². The monoisotopic (exact) mass is 544 g/mol. The number of ether oxygens (including phenoxy) is 3. The molecule has 5 aromatic rings. The fourth-order valence-electron chi connectivity index (χ4n) is 4.88. The molecule has 1 aliphatic rings. The molecule has 10 nitrogen and oxygen atoms in total. The van der Waals surface area contributed by atoms with Crippen LogP contribution in [0, 0.1) is 0 Å². The molecule has 6 rings (SSSR count). The maximum atomic E-state index is 13.7. The molecule has 0 saturated carbocycles. The van der Waals surface area contributed by atoms with Crippen molar-refractivity contribution in [2.45, 2.75) is 25.6 Å². The highest BCUT2D eigenvalue weighted by Gasteiger charge is 2.31. The zero-order valence-electron chi connectivity index (χ0n) is 21.4. The number of benzene rings is 2. The Morgan fingerprint density at radius 3 is 2.77 bits per heavy atom. The van der Waals surface area contributed by atoms with Crippen LogP contribution in [0.25, 0.3) is 10.9 Å². The lowest BCUT2D eigenvalue weighted by Crippen LogP contribution is -2.36. The van der Waals surface area contributed by atoms with Crippen LogP contribution in [0.15, 0.2) is 70.8 Å². The van der Waals surface area contributed by atoms with Gasteiger partial charge >= 0.3 is 0 Å². The highest BCUT2D eigenvalue weighted by molar-refractivity contribution is 7.09. The zero-order valence-corrected chi connectivity index (χ0v) is 22.3. The third-order valence-corrected chi connectivity index (χ3v) is 7.67. The first-order valence-corrected chi connectivity index (χ1v) is 13.6. The molecule has 0 saturated heterocycles. The van der Waals surface area contributed by atoms with Gasteiger partial charge in [0.05, 0.1) is 18.7 Å². The molecule has 0 amide bonds. The SMILES string of the molecule is COCCn1nnnc1[C@@H](c1cc2cc3c(cc2[nH]c1=O)OCO3)N(CCc1ccccc1)Cc1cccs1. The van der Waals surface area contributed by atoms with E-state index >= 15 is 0 Å². The average Bonchev–Trinajstić information content (AvgIpc) is 3.73. The van der Waals surface area contributed by atoms with Crippen LogP contribution in [0.4, 0.5) is 0 Å². The first kappa shape index (κ1) is 25.2. The van der Waals surface area contributed by atoms with E-state index in [0.29, 0.717) is 54.6 Å². The summed E-state index contributed by atoms with van der Waals surface area (Å²) in [6, 6.07) is 19.6. The van der Waals surface area contributed by atoms with Gasteiger partial charge in [0, 0.05) is 42.1 Å². The molecule has 0 bridgehead atoms. The van der Waals surface area contributed by atoms with Crippen LogP contribution in [-0.4, -0.2) is 57.1 Å². The molecule has 0 unspecified atom stereocenters. The van der Waals surface area contributed by atoms with Gasteiger partial charge in [0.1, 0.15) is 6.04 Å². The van der Waals surface area contributed by atoms with E-state index in [2.05, 4.69) is 49.0 Å². The Hall–Kier alpha value is -4.06. The van der Waals surface area contributed by atoms with Crippen LogP contribution < -0.4 is 15.0 Å². The van der Waals surface area contributed by atoms with Crippen molar-refractivity contribution in [3.8, 4) is 11.5 Å². The van der Waals surface area contributed by atoms with Gasteiger partial charge in [-0.05, 0) is 46.0 Å². The lowest BCUT2D eigenvalue weighted by atomic mass is 10.0. The number of methoxy groups -OCH3 is 1. The normalized spacial score (nSPS) is 13.4. The number of rotatable bonds is 11. The Morgan fingerprint density at radius 2 is 1.97 bits per heavy atom. The van der Waals surface area contributed by atoms with Crippen LogP contribution in [0.5, 0.6) is 11.5 Å². The van der Waals surface area contributed by atoms with Crippen molar-refractivity contribution in [1.82, 2.24) is 30.1 Å². The maximum absolute atomic E-state index is 13.7. The number of nitrogens with one attached hydrogen (secondary N) is 1. The van der Waals surface area contributed by atoms with Gasteiger partial charge in [0.2, 0.25) is 6.79 Å². The van der Waals surface area contributed by atoms with Crippen molar-refractivity contribution in [2.24, 2.45) is 0 Å². The summed E-state index contributed by atoms with van der Waals surface area (Å²) in [5.41, 5.74) is 2.24. The fourth-order valence-corrected chi connectivity index (χ4v) is 5.61. The number of thiophene rings is 1. The van der Waals surface area contributed by atoms with Gasteiger partial charge in [0.25, 0.3) is 5.56 Å². The van der Waals surface area contributed by atoms with Crippen molar-refractivity contribution in [3.05, 3.63) is 98.2 Å². The largest absolute Gasteiger partial charge is 0.454 e. The molecule has 1 aliphatic heterocycles. The maximum Gasteiger partial charge on any atom is 0.253 e. The molecule has 0 radical (unpaired) electrons. The molecule has 39 heavy (non-hydrogen) atoms. The molecular weight excluding hydrogens is 516 g/mol. The Balaban J connectivity index is 1.47. The quantitative estimate of drug-likeness (QED) is 0.268. The second kappa shape index (κ2) is 11.4. The molecular formula is C28H28N6O4S. The van der Waals surface area contributed by atoms with Crippen LogP contribution in [0.2, 0.25) is 0 Å². The zero-order chi connectivity index (χ0) is 26.6. The van der Waals surface area contributed by atoms with Gasteiger partial charge in [-0.3, -0.25) is 9.69 Å². The van der Waals surface area contributed by atoms with E-state index < -0.39 is 6.04 Å². The Bertz CT molecular complexity index is 1600. The van der Waals surface area contributed by atoms with Gasteiger partial charge in [-0.15, -0.1) is 16.4 Å². The predicted molar refractivity (Wildman–Crippen MR) is 147 cm³/mol. The molecule has 2 aromatic carbocycles. The average molecular weight is 545 g/mol. The van der Waals surface area contributed by atoms with E-state index in [1.165, 1.54) is 10.4 Å². The number of H-pyrrole nitrogens is 1. The molecule has 0 fully saturated rings. The summed E-state index contributed by atoms with van der Waals surface area (Å²) >= 11 is 1.68. The molecule has 11 heteroatoms. The molecule has 1 atom stereocenters. The molecule has 200 valence electrons. The Labute approximate surface area is 228 Å². The number of hydrogen-bond donors (Lipinski definition) is 1. The van der Waals surface area contributed by atoms with E-state index in [0.717, 1.165) is 11.8 Å². The molecule has 0 aliphatic carbocycles. The summed E-state index contributed by atoms with van der Waals surface area (Å²) in [4.78, 5) is 20.2. The van der Waals surface area contributed by atoms with E-state index in [-0.39, 0.29) is 12.4 Å². The standard InChI is InChI=1S/C28H28N6O4S/c1-36-12-11-34-27(30-31-32-34)26(22-14-20-15-24-25(38-18-37-24)16-23(20)29-28(22)35)33(17-21-8-5-13-39-21)10-9-19-6-3-2-4-7-19/h2-8,13-16,26H,9-12,17-18H2,1H3,(H,29,35)/t26-/m1/s1. The van der Waals surface area contributed by atoms with Gasteiger partial charge in [-0.1, -0.05) is 36.4 Å². The van der Waals surface area contributed by atoms with Crippen molar-refractivity contribution >= 4 is 22.2 Å². The van der Waals surface area contributed by atoms with Crippen molar-refractivity contribution in [3.63, 3.8) is 0 Å². The second-order valence-electron chi connectivity index (χ2n) is 9.29. The number of fused-ring (bicyclic) bond motifs is 2. The molecule has 0 spiro atoms. The molecule has 4 heterocycles. The number of nitrogens with zero attached hydrogens (tertiary/aromatic N) is 5. The summed E-state index contributed by atoms with van der Waals surface area (Å²) in [5.74, 6) is 1.86. The summed E-state index contributed by atoms with van der Waals surface area (Å²) in [7, 11) is 1.64. The van der Waals surface area contributed by atoms with Crippen LogP contribution in [-0.2, 0) is 24.2 Å². The second-order valence-corrected chi connectivity index (χ2v) is 10.3. The number of aromatic amines is 1. The lowest BCUT2D eigenvalue weighted by molar-refractivity contribution is 0.172. The first-order chi connectivity index (χ1) is 19.2. The van der Waals surface area contributed by atoms with Crippen LogP contribution >= 0.6 is 11.3 Å². The van der Waals surface area contributed by atoms with E-state index in [1.807, 2.05) is 36.4 Å². The third-order valence-electron chi connectivity index (χ3n) is 6.81. The lowest BCUT2D eigenvalue weighted by Gasteiger charge is -2.30. The smallest absolute Gasteiger partial charge is 0.253 e. The minimum absolute atomic E-state index is 0.160. The van der Waals surface area contributed by atoms with Gasteiger partial charge in [-0.25, -0.2) is 4.68 Å². The summed E-state index contributed by atoms with van der Waals surface area (Å²) in [6.45, 7) is 2.38. The molecule has 3 aromatic heterocycles. The highest BCUT2D eigenvalue weighted by atomic mass is 32.1. The topological polar surface area (TPSA) is 107 Å². The number of tetrazole rings is 1. The Morgan fingerprint density at radius 1 is 1.13 bits per heavy atom. The van der Waals surface area contributed by atoms with E-state index in [4.69, 9.17) is 14.2 Å².